The van der Waals surface area contributed by atoms with E-state index >= 15 is 0 Å². The van der Waals surface area contributed by atoms with Crippen molar-refractivity contribution >= 4 is 11.8 Å². The summed E-state index contributed by atoms with van der Waals surface area (Å²) < 4.78 is 10.1. The molecule has 17 heavy (non-hydrogen) atoms. The van der Waals surface area contributed by atoms with Crippen LogP contribution in [-0.4, -0.2) is 25.5 Å². The van der Waals surface area contributed by atoms with E-state index in [2.05, 4.69) is 4.74 Å². The van der Waals surface area contributed by atoms with Gasteiger partial charge in [0.15, 0.2) is 5.78 Å². The fraction of sp³-hybridized carbons (Fsp3) is 0.385. The molecule has 1 heterocycles. The molecule has 1 aromatic rings. The third-order valence-corrected chi connectivity index (χ3v) is 2.73. The van der Waals surface area contributed by atoms with E-state index in [9.17, 15) is 9.59 Å². The summed E-state index contributed by atoms with van der Waals surface area (Å²) in [7, 11) is 1.35. The summed E-state index contributed by atoms with van der Waals surface area (Å²) in [5.41, 5.74) is 1.40. The summed E-state index contributed by atoms with van der Waals surface area (Å²) in [5.74, 6) is 0.376. The van der Waals surface area contributed by atoms with E-state index in [0.717, 1.165) is 12.0 Å². The summed E-state index contributed by atoms with van der Waals surface area (Å²) in [4.78, 5) is 22.9. The van der Waals surface area contributed by atoms with Gasteiger partial charge in [-0.2, -0.15) is 0 Å². The SMILES string of the molecule is COC(=O)Cc1ccc2c(c1)OCCCC2=O. The molecule has 0 unspecified atom stereocenters. The van der Waals surface area contributed by atoms with Crippen LogP contribution in [0, 0.1) is 0 Å². The molecule has 4 heteroatoms. The highest BCUT2D eigenvalue weighted by Gasteiger charge is 2.17. The van der Waals surface area contributed by atoms with Crippen molar-refractivity contribution in [2.45, 2.75) is 19.3 Å². The molecule has 1 aliphatic rings. The molecule has 1 aromatic carbocycles. The molecule has 0 saturated carbocycles. The van der Waals surface area contributed by atoms with E-state index in [1.165, 1.54) is 7.11 Å². The summed E-state index contributed by atoms with van der Waals surface area (Å²) >= 11 is 0. The monoisotopic (exact) mass is 234 g/mol. The molecule has 0 spiro atoms. The zero-order valence-electron chi connectivity index (χ0n) is 9.69. The maximum absolute atomic E-state index is 11.7. The van der Waals surface area contributed by atoms with E-state index in [4.69, 9.17) is 4.74 Å². The number of esters is 1. The van der Waals surface area contributed by atoms with Crippen molar-refractivity contribution in [3.05, 3.63) is 29.3 Å². The van der Waals surface area contributed by atoms with Crippen LogP contribution in [0.3, 0.4) is 0 Å². The first-order valence-corrected chi connectivity index (χ1v) is 5.56. The summed E-state index contributed by atoms with van der Waals surface area (Å²) in [6.45, 7) is 0.542. The van der Waals surface area contributed by atoms with Crippen LogP contribution < -0.4 is 4.74 Å². The first-order valence-electron chi connectivity index (χ1n) is 5.56. The van der Waals surface area contributed by atoms with Gasteiger partial charge >= 0.3 is 5.97 Å². The molecule has 0 aromatic heterocycles. The van der Waals surface area contributed by atoms with Gasteiger partial charge in [0.25, 0.3) is 0 Å². The smallest absolute Gasteiger partial charge is 0.309 e. The Hall–Kier alpha value is -1.84. The first kappa shape index (κ1) is 11.6. The largest absolute Gasteiger partial charge is 0.493 e. The van der Waals surface area contributed by atoms with E-state index in [1.54, 1.807) is 18.2 Å². The van der Waals surface area contributed by atoms with Gasteiger partial charge in [-0.05, 0) is 24.1 Å². The number of hydrogen-bond donors (Lipinski definition) is 0. The van der Waals surface area contributed by atoms with Gasteiger partial charge in [0.2, 0.25) is 0 Å². The summed E-state index contributed by atoms with van der Waals surface area (Å²) in [5, 5.41) is 0. The molecule has 1 aliphatic heterocycles. The lowest BCUT2D eigenvalue weighted by Crippen LogP contribution is -2.05. The maximum atomic E-state index is 11.7. The number of methoxy groups -OCH3 is 1. The number of Topliss-reactive ketones (excluding diaryl/α,β-unsaturated/α-hetero) is 1. The number of ketones is 1. The van der Waals surface area contributed by atoms with Crippen LogP contribution in [0.15, 0.2) is 18.2 Å². The molecule has 4 nitrogen and oxygen atoms in total. The van der Waals surface area contributed by atoms with E-state index < -0.39 is 0 Å². The quantitative estimate of drug-likeness (QED) is 0.732. The molecule has 0 fully saturated rings. The zero-order valence-corrected chi connectivity index (χ0v) is 9.69. The van der Waals surface area contributed by atoms with Gasteiger partial charge in [0.05, 0.1) is 25.7 Å². The molecule has 0 saturated heterocycles. The van der Waals surface area contributed by atoms with E-state index in [-0.39, 0.29) is 18.2 Å². The van der Waals surface area contributed by atoms with Crippen molar-refractivity contribution in [1.82, 2.24) is 0 Å². The van der Waals surface area contributed by atoms with Crippen LogP contribution in [0.4, 0.5) is 0 Å². The molecule has 0 atom stereocenters. The van der Waals surface area contributed by atoms with Crippen molar-refractivity contribution in [1.29, 1.82) is 0 Å². The van der Waals surface area contributed by atoms with Crippen molar-refractivity contribution in [3.63, 3.8) is 0 Å². The Kier molecular flexibility index (Phi) is 3.42. The minimum absolute atomic E-state index is 0.0992. The number of rotatable bonds is 2. The molecule has 90 valence electrons. The van der Waals surface area contributed by atoms with E-state index in [1.807, 2.05) is 0 Å². The Morgan fingerprint density at radius 3 is 3.06 bits per heavy atom. The van der Waals surface area contributed by atoms with Gasteiger partial charge in [-0.25, -0.2) is 0 Å². The highest BCUT2D eigenvalue weighted by Crippen LogP contribution is 2.25. The normalized spacial score (nSPS) is 14.5. The predicted molar refractivity (Wildman–Crippen MR) is 61.2 cm³/mol. The molecule has 2 rings (SSSR count). The topological polar surface area (TPSA) is 52.6 Å². The standard InChI is InChI=1S/C13H14O4/c1-16-13(15)8-9-4-5-10-11(14)3-2-6-17-12(10)7-9/h4-5,7H,2-3,6,8H2,1H3. The molecule has 0 aliphatic carbocycles. The lowest BCUT2D eigenvalue weighted by molar-refractivity contribution is -0.139. The van der Waals surface area contributed by atoms with E-state index in [0.29, 0.717) is 24.3 Å². The number of benzene rings is 1. The lowest BCUT2D eigenvalue weighted by Gasteiger charge is -2.08. The summed E-state index contributed by atoms with van der Waals surface area (Å²) in [6.07, 6.45) is 1.45. The Bertz CT molecular complexity index is 451. The van der Waals surface area contributed by atoms with Crippen LogP contribution in [0.2, 0.25) is 0 Å². The Balaban J connectivity index is 2.26. The number of fused-ring (bicyclic) bond motifs is 1. The number of ether oxygens (including phenoxy) is 2. The highest BCUT2D eigenvalue weighted by atomic mass is 16.5. The predicted octanol–water partition coefficient (Wildman–Crippen LogP) is 1.76. The van der Waals surface area contributed by atoms with Gasteiger partial charge in [-0.3, -0.25) is 9.59 Å². The van der Waals surface area contributed by atoms with Crippen LogP contribution in [0.1, 0.15) is 28.8 Å². The van der Waals surface area contributed by atoms with Gasteiger partial charge < -0.3 is 9.47 Å². The zero-order chi connectivity index (χ0) is 12.3. The van der Waals surface area contributed by atoms with Crippen molar-refractivity contribution < 1.29 is 19.1 Å². The highest BCUT2D eigenvalue weighted by molar-refractivity contribution is 5.99. The fourth-order valence-electron chi connectivity index (χ4n) is 1.81. The summed E-state index contributed by atoms with van der Waals surface area (Å²) in [6, 6.07) is 5.24. The third kappa shape index (κ3) is 2.64. The van der Waals surface area contributed by atoms with Crippen molar-refractivity contribution in [3.8, 4) is 5.75 Å². The molecular weight excluding hydrogens is 220 g/mol. The Morgan fingerprint density at radius 1 is 1.47 bits per heavy atom. The lowest BCUT2D eigenvalue weighted by atomic mass is 10.0. The average molecular weight is 234 g/mol. The van der Waals surface area contributed by atoms with Crippen molar-refractivity contribution in [2.75, 3.05) is 13.7 Å². The molecule has 0 bridgehead atoms. The van der Waals surface area contributed by atoms with Gasteiger partial charge in [0, 0.05) is 6.42 Å². The number of carbonyl (C=O) groups is 2. The second kappa shape index (κ2) is 4.99. The van der Waals surface area contributed by atoms with Crippen LogP contribution in [0.5, 0.6) is 5.75 Å². The Morgan fingerprint density at radius 2 is 2.29 bits per heavy atom. The van der Waals surface area contributed by atoms with Gasteiger partial charge in [0.1, 0.15) is 5.75 Å². The number of hydrogen-bond acceptors (Lipinski definition) is 4. The minimum Gasteiger partial charge on any atom is -0.493 e. The van der Waals surface area contributed by atoms with Crippen molar-refractivity contribution in [2.24, 2.45) is 0 Å². The second-order valence-corrected chi connectivity index (χ2v) is 3.96. The second-order valence-electron chi connectivity index (χ2n) is 3.96. The molecule has 0 N–H and O–H groups in total. The molecule has 0 radical (unpaired) electrons. The first-order chi connectivity index (χ1) is 8.20. The van der Waals surface area contributed by atoms with Crippen LogP contribution in [0.25, 0.3) is 0 Å². The van der Waals surface area contributed by atoms with Gasteiger partial charge in [-0.1, -0.05) is 6.07 Å². The third-order valence-electron chi connectivity index (χ3n) is 2.73. The molecule has 0 amide bonds. The Labute approximate surface area is 99.5 Å². The average Bonchev–Trinajstić information content (AvgIpc) is 2.51. The minimum atomic E-state index is -0.301. The number of carbonyl (C=O) groups excluding carboxylic acids is 2. The van der Waals surface area contributed by atoms with Gasteiger partial charge in [-0.15, -0.1) is 0 Å². The fourth-order valence-corrected chi connectivity index (χ4v) is 1.81. The maximum Gasteiger partial charge on any atom is 0.309 e. The van der Waals surface area contributed by atoms with Crippen LogP contribution >= 0.6 is 0 Å². The molecular formula is C13H14O4. The van der Waals surface area contributed by atoms with Crippen LogP contribution in [-0.2, 0) is 16.0 Å².